The van der Waals surface area contributed by atoms with Crippen molar-refractivity contribution in [2.45, 2.75) is 51.2 Å². The average molecular weight is 283 g/mol. The Bertz CT molecular complexity index is 699. The van der Waals surface area contributed by atoms with Crippen LogP contribution >= 0.6 is 0 Å². The average Bonchev–Trinajstić information content (AvgIpc) is 2.79. The largest absolute Gasteiger partial charge is 0.378 e. The molecule has 0 atom stereocenters. The Morgan fingerprint density at radius 1 is 1.43 bits per heavy atom. The van der Waals surface area contributed by atoms with E-state index >= 15 is 0 Å². The first kappa shape index (κ1) is 14.1. The molecule has 0 bridgehead atoms. The molecule has 1 aliphatic rings. The quantitative estimate of drug-likeness (QED) is 0.861. The summed E-state index contributed by atoms with van der Waals surface area (Å²) in [7, 11) is 1.80. The zero-order valence-corrected chi connectivity index (χ0v) is 12.9. The highest BCUT2D eigenvalue weighted by Crippen LogP contribution is 2.38. The summed E-state index contributed by atoms with van der Waals surface area (Å²) in [4.78, 5) is 4.79. The number of hydrogen-bond donors (Lipinski definition) is 0. The molecule has 0 amide bonds. The lowest BCUT2D eigenvalue weighted by molar-refractivity contribution is -0.0726. The number of benzene rings is 1. The van der Waals surface area contributed by atoms with Gasteiger partial charge < -0.3 is 9.30 Å². The lowest BCUT2D eigenvalue weighted by Gasteiger charge is -2.40. The van der Waals surface area contributed by atoms with Crippen LogP contribution in [0.5, 0.6) is 0 Å². The van der Waals surface area contributed by atoms with Crippen molar-refractivity contribution in [3.05, 3.63) is 29.6 Å². The second kappa shape index (κ2) is 5.16. The van der Waals surface area contributed by atoms with Crippen molar-refractivity contribution in [3.8, 4) is 6.07 Å². The highest BCUT2D eigenvalue weighted by atomic mass is 16.5. The Morgan fingerprint density at radius 3 is 2.71 bits per heavy atom. The fourth-order valence-electron chi connectivity index (χ4n) is 3.23. The molecule has 110 valence electrons. The summed E-state index contributed by atoms with van der Waals surface area (Å²) in [5.74, 6) is 1.07. The van der Waals surface area contributed by atoms with Crippen molar-refractivity contribution in [2.75, 3.05) is 7.11 Å². The Labute approximate surface area is 125 Å². The van der Waals surface area contributed by atoms with Gasteiger partial charge >= 0.3 is 0 Å². The van der Waals surface area contributed by atoms with Crippen LogP contribution < -0.4 is 0 Å². The van der Waals surface area contributed by atoms with Crippen LogP contribution in [-0.2, 0) is 11.2 Å². The molecule has 1 aliphatic carbocycles. The number of ether oxygens (including phenoxy) is 1. The van der Waals surface area contributed by atoms with Gasteiger partial charge in [-0.25, -0.2) is 4.98 Å². The maximum Gasteiger partial charge on any atom is 0.113 e. The van der Waals surface area contributed by atoms with Crippen LogP contribution in [0, 0.1) is 11.3 Å². The van der Waals surface area contributed by atoms with Crippen molar-refractivity contribution in [1.29, 1.82) is 5.26 Å². The summed E-state index contributed by atoms with van der Waals surface area (Å²) in [6, 6.07) is 8.27. The molecule has 0 saturated heterocycles. The molecule has 0 N–H and O–H groups in total. The molecular weight excluding hydrogens is 262 g/mol. The van der Waals surface area contributed by atoms with Crippen LogP contribution in [0.4, 0.5) is 0 Å². The third-order valence-electron chi connectivity index (χ3n) is 4.59. The van der Waals surface area contributed by atoms with E-state index in [4.69, 9.17) is 15.0 Å². The number of nitrogens with zero attached hydrogens (tertiary/aromatic N) is 3. The van der Waals surface area contributed by atoms with E-state index in [0.29, 0.717) is 11.6 Å². The van der Waals surface area contributed by atoms with Crippen LogP contribution in [-0.4, -0.2) is 22.3 Å². The Balaban J connectivity index is 2.08. The number of imidazole rings is 1. The first-order valence-electron chi connectivity index (χ1n) is 7.55. The van der Waals surface area contributed by atoms with Gasteiger partial charge in [-0.1, -0.05) is 0 Å². The predicted molar refractivity (Wildman–Crippen MR) is 82.1 cm³/mol. The molecule has 1 heterocycles. The highest BCUT2D eigenvalue weighted by molar-refractivity contribution is 5.78. The van der Waals surface area contributed by atoms with Crippen molar-refractivity contribution in [2.24, 2.45) is 0 Å². The van der Waals surface area contributed by atoms with Crippen LogP contribution in [0.1, 0.15) is 50.5 Å². The maximum atomic E-state index is 9.05. The SMILES string of the molecule is COC1(Cc2nc3cc(C#N)ccc3n2C(C)C)CCC1. The van der Waals surface area contributed by atoms with E-state index in [9.17, 15) is 0 Å². The van der Waals surface area contributed by atoms with Crippen molar-refractivity contribution in [3.63, 3.8) is 0 Å². The van der Waals surface area contributed by atoms with Gasteiger partial charge in [-0.3, -0.25) is 0 Å². The van der Waals surface area contributed by atoms with Gasteiger partial charge in [0.05, 0.1) is 28.3 Å². The van der Waals surface area contributed by atoms with E-state index in [1.165, 1.54) is 6.42 Å². The lowest BCUT2D eigenvalue weighted by atomic mass is 9.77. The van der Waals surface area contributed by atoms with E-state index in [1.807, 2.05) is 18.2 Å². The van der Waals surface area contributed by atoms with Crippen LogP contribution in [0.15, 0.2) is 18.2 Å². The Kier molecular flexibility index (Phi) is 3.46. The smallest absolute Gasteiger partial charge is 0.113 e. The molecule has 21 heavy (non-hydrogen) atoms. The number of methoxy groups -OCH3 is 1. The van der Waals surface area contributed by atoms with E-state index in [1.54, 1.807) is 7.11 Å². The Hall–Kier alpha value is -1.86. The van der Waals surface area contributed by atoms with Crippen molar-refractivity contribution < 1.29 is 4.74 Å². The molecule has 2 aromatic rings. The van der Waals surface area contributed by atoms with E-state index in [2.05, 4.69) is 24.5 Å². The summed E-state index contributed by atoms with van der Waals surface area (Å²) in [5, 5.41) is 9.05. The first-order chi connectivity index (χ1) is 10.1. The second-order valence-electron chi connectivity index (χ2n) is 6.22. The van der Waals surface area contributed by atoms with Gasteiger partial charge in [0.15, 0.2) is 0 Å². The predicted octanol–water partition coefficient (Wildman–Crippen LogP) is 3.60. The van der Waals surface area contributed by atoms with Gasteiger partial charge in [0.25, 0.3) is 0 Å². The fourth-order valence-corrected chi connectivity index (χ4v) is 3.23. The molecule has 0 radical (unpaired) electrons. The molecule has 0 aliphatic heterocycles. The molecule has 1 saturated carbocycles. The molecule has 4 heteroatoms. The number of fused-ring (bicyclic) bond motifs is 1. The minimum Gasteiger partial charge on any atom is -0.378 e. The summed E-state index contributed by atoms with van der Waals surface area (Å²) >= 11 is 0. The number of nitriles is 1. The van der Waals surface area contributed by atoms with Gasteiger partial charge in [0.1, 0.15) is 5.82 Å². The fraction of sp³-hybridized carbons (Fsp3) is 0.529. The summed E-state index contributed by atoms with van der Waals surface area (Å²) in [5.41, 5.74) is 2.63. The van der Waals surface area contributed by atoms with Gasteiger partial charge in [0.2, 0.25) is 0 Å². The normalized spacial score (nSPS) is 16.9. The molecular formula is C17H21N3O. The van der Waals surface area contributed by atoms with E-state index < -0.39 is 0 Å². The third kappa shape index (κ3) is 2.32. The number of hydrogen-bond acceptors (Lipinski definition) is 3. The monoisotopic (exact) mass is 283 g/mol. The van der Waals surface area contributed by atoms with Gasteiger partial charge in [-0.15, -0.1) is 0 Å². The van der Waals surface area contributed by atoms with Gasteiger partial charge in [-0.2, -0.15) is 5.26 Å². The molecule has 0 unspecified atom stereocenters. The van der Waals surface area contributed by atoms with Crippen molar-refractivity contribution >= 4 is 11.0 Å². The van der Waals surface area contributed by atoms with E-state index in [-0.39, 0.29) is 5.60 Å². The molecule has 4 nitrogen and oxygen atoms in total. The standard InChI is InChI=1S/C17H21N3O/c1-12(2)20-15-6-5-13(11-18)9-14(15)19-16(20)10-17(21-3)7-4-8-17/h5-6,9,12H,4,7-8,10H2,1-3H3. The molecule has 0 spiro atoms. The third-order valence-corrected chi connectivity index (χ3v) is 4.59. The second-order valence-corrected chi connectivity index (χ2v) is 6.22. The minimum atomic E-state index is -0.0356. The zero-order chi connectivity index (χ0) is 15.0. The zero-order valence-electron chi connectivity index (χ0n) is 12.9. The lowest BCUT2D eigenvalue weighted by Crippen LogP contribution is -2.42. The molecule has 1 aromatic heterocycles. The maximum absolute atomic E-state index is 9.05. The Morgan fingerprint density at radius 2 is 2.19 bits per heavy atom. The first-order valence-corrected chi connectivity index (χ1v) is 7.55. The van der Waals surface area contributed by atoms with Crippen LogP contribution in [0.25, 0.3) is 11.0 Å². The summed E-state index contributed by atoms with van der Waals surface area (Å²) < 4.78 is 8.02. The molecule has 3 rings (SSSR count). The van der Waals surface area contributed by atoms with Gasteiger partial charge in [0, 0.05) is 19.6 Å². The number of rotatable bonds is 4. The molecule has 1 aromatic carbocycles. The topological polar surface area (TPSA) is 50.8 Å². The minimum absolute atomic E-state index is 0.0356. The number of aromatic nitrogens is 2. The van der Waals surface area contributed by atoms with Crippen molar-refractivity contribution in [1.82, 2.24) is 9.55 Å². The van der Waals surface area contributed by atoms with Crippen LogP contribution in [0.2, 0.25) is 0 Å². The highest BCUT2D eigenvalue weighted by Gasteiger charge is 2.38. The molecule has 1 fully saturated rings. The van der Waals surface area contributed by atoms with Crippen LogP contribution in [0.3, 0.4) is 0 Å². The van der Waals surface area contributed by atoms with Gasteiger partial charge in [-0.05, 0) is 51.3 Å². The summed E-state index contributed by atoms with van der Waals surface area (Å²) in [6.07, 6.45) is 4.29. The van der Waals surface area contributed by atoms with E-state index in [0.717, 1.165) is 36.1 Å². The summed E-state index contributed by atoms with van der Waals surface area (Å²) in [6.45, 7) is 4.34.